The number of carbonyl (C=O) groups is 1. The molecule has 2 aromatic carbocycles. The lowest BCUT2D eigenvalue weighted by Gasteiger charge is -2.11. The Bertz CT molecular complexity index is 1050. The Hall–Kier alpha value is -3.00. The summed E-state index contributed by atoms with van der Waals surface area (Å²) in [6, 6.07) is 11.6. The topological polar surface area (TPSA) is 78.3 Å². The van der Waals surface area contributed by atoms with E-state index in [0.717, 1.165) is 22.4 Å². The van der Waals surface area contributed by atoms with Gasteiger partial charge in [0.05, 0.1) is 12.9 Å². The first-order valence-electron chi connectivity index (χ1n) is 9.53. The fourth-order valence-corrected chi connectivity index (χ4v) is 3.57. The van der Waals surface area contributed by atoms with Crippen molar-refractivity contribution >= 4 is 23.4 Å². The van der Waals surface area contributed by atoms with Crippen LogP contribution >= 0.6 is 11.8 Å². The summed E-state index contributed by atoms with van der Waals surface area (Å²) in [6.07, 6.45) is 0. The number of thioether (sulfide) groups is 1. The maximum atomic E-state index is 12.3. The molecule has 1 amide bonds. The number of rotatable bonds is 8. The number of nitrogens with one attached hydrogen (secondary N) is 1. The molecule has 3 aromatic rings. The SMILES string of the molecule is COc1cc(C)ccc1OCc1nnc(SCC(=O)Nc2cccc(C)c2C)n1C. The van der Waals surface area contributed by atoms with Gasteiger partial charge in [0.15, 0.2) is 22.5 Å². The number of anilines is 1. The summed E-state index contributed by atoms with van der Waals surface area (Å²) < 4.78 is 13.0. The number of aromatic nitrogens is 3. The number of amides is 1. The summed E-state index contributed by atoms with van der Waals surface area (Å²) >= 11 is 1.33. The fourth-order valence-electron chi connectivity index (χ4n) is 2.84. The van der Waals surface area contributed by atoms with Crippen molar-refractivity contribution in [3.63, 3.8) is 0 Å². The molecular formula is C22H26N4O3S. The summed E-state index contributed by atoms with van der Waals surface area (Å²) in [7, 11) is 3.47. The highest BCUT2D eigenvalue weighted by molar-refractivity contribution is 7.99. The molecular weight excluding hydrogens is 400 g/mol. The largest absolute Gasteiger partial charge is 0.493 e. The van der Waals surface area contributed by atoms with Crippen molar-refractivity contribution in [3.05, 3.63) is 58.9 Å². The molecule has 1 heterocycles. The number of aryl methyl sites for hydroxylation is 2. The Balaban J connectivity index is 1.57. The maximum Gasteiger partial charge on any atom is 0.234 e. The van der Waals surface area contributed by atoms with Crippen LogP contribution in [0.15, 0.2) is 41.6 Å². The van der Waals surface area contributed by atoms with Crippen LogP contribution in [0.3, 0.4) is 0 Å². The fraction of sp³-hybridized carbons (Fsp3) is 0.318. The zero-order valence-electron chi connectivity index (χ0n) is 17.9. The summed E-state index contributed by atoms with van der Waals surface area (Å²) in [5, 5.41) is 12.0. The van der Waals surface area contributed by atoms with E-state index < -0.39 is 0 Å². The van der Waals surface area contributed by atoms with Crippen LogP contribution in [0.2, 0.25) is 0 Å². The van der Waals surface area contributed by atoms with Crippen molar-refractivity contribution in [1.29, 1.82) is 0 Å². The van der Waals surface area contributed by atoms with Crippen molar-refractivity contribution in [2.24, 2.45) is 7.05 Å². The lowest BCUT2D eigenvalue weighted by Crippen LogP contribution is -2.15. The molecule has 0 fully saturated rings. The van der Waals surface area contributed by atoms with Gasteiger partial charge in [-0.3, -0.25) is 4.79 Å². The molecule has 7 nitrogen and oxygen atoms in total. The van der Waals surface area contributed by atoms with Crippen LogP contribution in [0.5, 0.6) is 11.5 Å². The molecule has 0 spiro atoms. The summed E-state index contributed by atoms with van der Waals surface area (Å²) in [4.78, 5) is 12.3. The molecule has 0 saturated carbocycles. The molecule has 0 unspecified atom stereocenters. The van der Waals surface area contributed by atoms with Gasteiger partial charge in [-0.15, -0.1) is 10.2 Å². The summed E-state index contributed by atoms with van der Waals surface area (Å²) in [6.45, 7) is 6.26. The van der Waals surface area contributed by atoms with E-state index in [9.17, 15) is 4.79 Å². The molecule has 3 rings (SSSR count). The van der Waals surface area contributed by atoms with E-state index >= 15 is 0 Å². The van der Waals surface area contributed by atoms with Gasteiger partial charge in [0, 0.05) is 12.7 Å². The van der Waals surface area contributed by atoms with E-state index in [1.54, 1.807) is 7.11 Å². The molecule has 0 aliphatic rings. The minimum Gasteiger partial charge on any atom is -0.493 e. The normalized spacial score (nSPS) is 10.7. The highest BCUT2D eigenvalue weighted by atomic mass is 32.2. The third-order valence-corrected chi connectivity index (χ3v) is 5.83. The molecule has 30 heavy (non-hydrogen) atoms. The van der Waals surface area contributed by atoms with Crippen molar-refractivity contribution < 1.29 is 14.3 Å². The Morgan fingerprint density at radius 3 is 2.70 bits per heavy atom. The second-order valence-corrected chi connectivity index (χ2v) is 7.93. The van der Waals surface area contributed by atoms with Gasteiger partial charge in [0.1, 0.15) is 6.61 Å². The number of benzene rings is 2. The number of hydrogen-bond donors (Lipinski definition) is 1. The van der Waals surface area contributed by atoms with Crippen LogP contribution in [0, 0.1) is 20.8 Å². The second-order valence-electron chi connectivity index (χ2n) is 6.99. The molecule has 0 saturated heterocycles. The first-order valence-corrected chi connectivity index (χ1v) is 10.5. The van der Waals surface area contributed by atoms with Gasteiger partial charge in [-0.1, -0.05) is 30.0 Å². The first-order chi connectivity index (χ1) is 14.4. The van der Waals surface area contributed by atoms with Crippen LogP contribution in [0.4, 0.5) is 5.69 Å². The monoisotopic (exact) mass is 426 g/mol. The van der Waals surface area contributed by atoms with Crippen molar-refractivity contribution in [2.75, 3.05) is 18.2 Å². The number of hydrogen-bond acceptors (Lipinski definition) is 6. The number of methoxy groups -OCH3 is 1. The average Bonchev–Trinajstić information content (AvgIpc) is 3.08. The van der Waals surface area contributed by atoms with Gasteiger partial charge in [0.25, 0.3) is 0 Å². The summed E-state index contributed by atoms with van der Waals surface area (Å²) in [5.41, 5.74) is 4.14. The van der Waals surface area contributed by atoms with E-state index in [0.29, 0.717) is 22.5 Å². The number of ether oxygens (including phenoxy) is 2. The van der Waals surface area contributed by atoms with E-state index in [4.69, 9.17) is 9.47 Å². The van der Waals surface area contributed by atoms with E-state index in [1.807, 2.05) is 68.8 Å². The average molecular weight is 427 g/mol. The van der Waals surface area contributed by atoms with Crippen molar-refractivity contribution in [3.8, 4) is 11.5 Å². The highest BCUT2D eigenvalue weighted by Crippen LogP contribution is 2.28. The molecule has 0 aliphatic carbocycles. The molecule has 1 N–H and O–H groups in total. The molecule has 0 aliphatic heterocycles. The summed E-state index contributed by atoms with van der Waals surface area (Å²) in [5.74, 6) is 2.14. The molecule has 1 aromatic heterocycles. The Morgan fingerprint density at radius 2 is 1.93 bits per heavy atom. The van der Waals surface area contributed by atoms with Crippen molar-refractivity contribution in [2.45, 2.75) is 32.5 Å². The van der Waals surface area contributed by atoms with Crippen LogP contribution in [0.1, 0.15) is 22.5 Å². The Morgan fingerprint density at radius 1 is 1.13 bits per heavy atom. The number of nitrogens with zero attached hydrogens (tertiary/aromatic N) is 3. The lowest BCUT2D eigenvalue weighted by molar-refractivity contribution is -0.113. The van der Waals surface area contributed by atoms with Crippen molar-refractivity contribution in [1.82, 2.24) is 14.8 Å². The van der Waals surface area contributed by atoms with Crippen LogP contribution in [0.25, 0.3) is 0 Å². The Labute approximate surface area is 180 Å². The standard InChI is InChI=1S/C22H26N4O3S/c1-14-9-10-18(19(11-14)28-5)29-12-20-24-25-22(26(20)4)30-13-21(27)23-17-8-6-7-15(2)16(17)3/h6-11H,12-13H2,1-5H3,(H,23,27). The highest BCUT2D eigenvalue weighted by Gasteiger charge is 2.14. The van der Waals surface area contributed by atoms with E-state index in [2.05, 4.69) is 15.5 Å². The Kier molecular flexibility index (Phi) is 6.99. The third kappa shape index (κ3) is 5.13. The molecule has 0 radical (unpaired) electrons. The van der Waals surface area contributed by atoms with Gasteiger partial charge < -0.3 is 19.4 Å². The van der Waals surface area contributed by atoms with Crippen LogP contribution in [-0.4, -0.2) is 33.5 Å². The smallest absolute Gasteiger partial charge is 0.234 e. The minimum absolute atomic E-state index is 0.0844. The second kappa shape index (κ2) is 9.67. The van der Waals surface area contributed by atoms with Gasteiger partial charge in [-0.25, -0.2) is 0 Å². The lowest BCUT2D eigenvalue weighted by atomic mass is 10.1. The predicted molar refractivity (Wildman–Crippen MR) is 118 cm³/mol. The zero-order chi connectivity index (χ0) is 21.7. The van der Waals surface area contributed by atoms with E-state index in [1.165, 1.54) is 11.8 Å². The van der Waals surface area contributed by atoms with Gasteiger partial charge in [-0.05, 0) is 55.7 Å². The van der Waals surface area contributed by atoms with Crippen LogP contribution < -0.4 is 14.8 Å². The maximum absolute atomic E-state index is 12.3. The molecule has 0 atom stereocenters. The van der Waals surface area contributed by atoms with Gasteiger partial charge in [-0.2, -0.15) is 0 Å². The molecule has 0 bridgehead atoms. The predicted octanol–water partition coefficient (Wildman–Crippen LogP) is 4.06. The van der Waals surface area contributed by atoms with Crippen LogP contribution in [-0.2, 0) is 18.4 Å². The van der Waals surface area contributed by atoms with Gasteiger partial charge >= 0.3 is 0 Å². The van der Waals surface area contributed by atoms with E-state index in [-0.39, 0.29) is 18.3 Å². The third-order valence-electron chi connectivity index (χ3n) is 4.81. The zero-order valence-corrected chi connectivity index (χ0v) is 18.7. The quantitative estimate of drug-likeness (QED) is 0.548. The minimum atomic E-state index is -0.0844. The van der Waals surface area contributed by atoms with Gasteiger partial charge in [0.2, 0.25) is 5.91 Å². The molecule has 158 valence electrons. The first kappa shape index (κ1) is 21.7. The molecule has 8 heteroatoms. The number of carbonyl (C=O) groups excluding carboxylic acids is 1.